The largest absolute Gasteiger partial charge is 0.397 e. The van der Waals surface area contributed by atoms with Crippen LogP contribution in [-0.4, -0.2) is 24.4 Å². The number of nitrogens with two attached hydrogens (primary N) is 1. The molecule has 0 radical (unpaired) electrons. The average Bonchev–Trinajstić information content (AvgIpc) is 2.38. The highest BCUT2D eigenvalue weighted by Gasteiger charge is 2.20. The Morgan fingerprint density at radius 2 is 2.16 bits per heavy atom. The highest BCUT2D eigenvalue weighted by atomic mass is 35.5. The van der Waals surface area contributed by atoms with Gasteiger partial charge in [0.1, 0.15) is 0 Å². The van der Waals surface area contributed by atoms with E-state index in [2.05, 4.69) is 10.6 Å². The number of benzene rings is 1. The smallest absolute Gasteiger partial charge is 0.251 e. The summed E-state index contributed by atoms with van der Waals surface area (Å²) in [5, 5.41) is 5.99. The van der Waals surface area contributed by atoms with Crippen LogP contribution in [0.5, 0.6) is 0 Å². The molecule has 1 saturated heterocycles. The Bertz CT molecular complexity index is 501. The SMILES string of the molecule is Nc1cc(C(=O)NC2CCC(=O)NC2)cc(Cl)c1Cl. The Labute approximate surface area is 120 Å². The second-order valence-corrected chi connectivity index (χ2v) is 5.16. The van der Waals surface area contributed by atoms with Gasteiger partial charge in [0.2, 0.25) is 5.91 Å². The first-order chi connectivity index (χ1) is 8.97. The summed E-state index contributed by atoms with van der Waals surface area (Å²) in [6, 6.07) is 2.86. The molecule has 5 nitrogen and oxygen atoms in total. The summed E-state index contributed by atoms with van der Waals surface area (Å²) >= 11 is 11.7. The van der Waals surface area contributed by atoms with Gasteiger partial charge in [-0.15, -0.1) is 0 Å². The monoisotopic (exact) mass is 301 g/mol. The average molecular weight is 302 g/mol. The zero-order chi connectivity index (χ0) is 14.0. The van der Waals surface area contributed by atoms with Gasteiger partial charge in [-0.3, -0.25) is 9.59 Å². The van der Waals surface area contributed by atoms with Gasteiger partial charge in [-0.1, -0.05) is 23.2 Å². The van der Waals surface area contributed by atoms with Gasteiger partial charge in [0.05, 0.1) is 15.7 Å². The molecule has 1 aromatic rings. The van der Waals surface area contributed by atoms with E-state index in [0.29, 0.717) is 24.9 Å². The fourth-order valence-corrected chi connectivity index (χ4v) is 2.20. The molecule has 102 valence electrons. The van der Waals surface area contributed by atoms with Crippen LogP contribution in [0.25, 0.3) is 0 Å². The molecule has 0 aromatic heterocycles. The van der Waals surface area contributed by atoms with E-state index in [4.69, 9.17) is 28.9 Å². The van der Waals surface area contributed by atoms with Crippen molar-refractivity contribution < 1.29 is 9.59 Å². The number of rotatable bonds is 2. The fourth-order valence-electron chi connectivity index (χ4n) is 1.87. The highest BCUT2D eigenvalue weighted by molar-refractivity contribution is 6.43. The van der Waals surface area contributed by atoms with Crippen molar-refractivity contribution in [1.82, 2.24) is 10.6 Å². The minimum absolute atomic E-state index is 0.00396. The number of nitrogens with one attached hydrogen (secondary N) is 2. The third kappa shape index (κ3) is 3.30. The van der Waals surface area contributed by atoms with E-state index in [9.17, 15) is 9.59 Å². The number of carbonyl (C=O) groups excluding carboxylic acids is 2. The number of hydrogen-bond acceptors (Lipinski definition) is 3. The first-order valence-corrected chi connectivity index (χ1v) is 6.55. The number of piperidine rings is 1. The van der Waals surface area contributed by atoms with Gasteiger partial charge < -0.3 is 16.4 Å². The Balaban J connectivity index is 2.06. The zero-order valence-electron chi connectivity index (χ0n) is 10.0. The van der Waals surface area contributed by atoms with Crippen LogP contribution in [0.4, 0.5) is 5.69 Å². The predicted octanol–water partition coefficient (Wildman–Crippen LogP) is 1.58. The van der Waals surface area contributed by atoms with Crippen LogP contribution in [0.2, 0.25) is 10.0 Å². The van der Waals surface area contributed by atoms with Crippen molar-refractivity contribution in [3.8, 4) is 0 Å². The van der Waals surface area contributed by atoms with Crippen molar-refractivity contribution in [3.63, 3.8) is 0 Å². The summed E-state index contributed by atoms with van der Waals surface area (Å²) in [6.45, 7) is 0.432. The molecule has 4 N–H and O–H groups in total. The maximum absolute atomic E-state index is 12.0. The lowest BCUT2D eigenvalue weighted by Crippen LogP contribution is -2.47. The van der Waals surface area contributed by atoms with Gasteiger partial charge in [0.15, 0.2) is 0 Å². The molecule has 7 heteroatoms. The third-order valence-electron chi connectivity index (χ3n) is 2.92. The molecule has 0 spiro atoms. The topological polar surface area (TPSA) is 84.2 Å². The fraction of sp³-hybridized carbons (Fsp3) is 0.333. The minimum Gasteiger partial charge on any atom is -0.397 e. The van der Waals surface area contributed by atoms with E-state index in [1.165, 1.54) is 12.1 Å². The molecule has 19 heavy (non-hydrogen) atoms. The summed E-state index contributed by atoms with van der Waals surface area (Å²) in [5.41, 5.74) is 6.27. The van der Waals surface area contributed by atoms with E-state index in [1.54, 1.807) is 0 Å². The van der Waals surface area contributed by atoms with Crippen LogP contribution in [0.15, 0.2) is 12.1 Å². The lowest BCUT2D eigenvalue weighted by molar-refractivity contribution is -0.122. The van der Waals surface area contributed by atoms with Crippen LogP contribution < -0.4 is 16.4 Å². The molecule has 1 unspecified atom stereocenters. The second-order valence-electron chi connectivity index (χ2n) is 4.37. The van der Waals surface area contributed by atoms with Crippen LogP contribution >= 0.6 is 23.2 Å². The number of amides is 2. The summed E-state index contributed by atoms with van der Waals surface area (Å²) < 4.78 is 0. The van der Waals surface area contributed by atoms with E-state index < -0.39 is 0 Å². The van der Waals surface area contributed by atoms with E-state index in [0.717, 1.165) is 0 Å². The molecule has 1 aliphatic rings. The lowest BCUT2D eigenvalue weighted by atomic mass is 10.1. The Morgan fingerprint density at radius 3 is 2.74 bits per heavy atom. The normalized spacial score (nSPS) is 18.8. The molecular formula is C12H13Cl2N3O2. The molecule has 0 saturated carbocycles. The number of nitrogen functional groups attached to an aromatic ring is 1. The molecule has 1 heterocycles. The number of hydrogen-bond donors (Lipinski definition) is 3. The molecular weight excluding hydrogens is 289 g/mol. The molecule has 2 amide bonds. The van der Waals surface area contributed by atoms with Gasteiger partial charge in [-0.2, -0.15) is 0 Å². The molecule has 1 aliphatic heterocycles. The standard InChI is InChI=1S/C12H13Cl2N3O2/c13-8-3-6(4-9(15)11(8)14)12(19)17-7-1-2-10(18)16-5-7/h3-4,7H,1-2,5,15H2,(H,16,18)(H,17,19). The van der Waals surface area contributed by atoms with Crippen LogP contribution in [0.3, 0.4) is 0 Å². The highest BCUT2D eigenvalue weighted by Crippen LogP contribution is 2.29. The molecule has 0 aliphatic carbocycles. The molecule has 0 bridgehead atoms. The quantitative estimate of drug-likeness (QED) is 0.725. The van der Waals surface area contributed by atoms with Crippen LogP contribution in [0, 0.1) is 0 Å². The molecule has 2 rings (SSSR count). The zero-order valence-corrected chi connectivity index (χ0v) is 11.5. The summed E-state index contributed by atoms with van der Waals surface area (Å²) in [4.78, 5) is 23.0. The van der Waals surface area contributed by atoms with E-state index in [1.807, 2.05) is 0 Å². The Kier molecular flexibility index (Phi) is 4.17. The van der Waals surface area contributed by atoms with E-state index in [-0.39, 0.29) is 33.6 Å². The first kappa shape index (κ1) is 14.0. The van der Waals surface area contributed by atoms with Gasteiger partial charge >= 0.3 is 0 Å². The first-order valence-electron chi connectivity index (χ1n) is 5.79. The summed E-state index contributed by atoms with van der Waals surface area (Å²) in [6.07, 6.45) is 1.03. The van der Waals surface area contributed by atoms with Crippen molar-refractivity contribution in [1.29, 1.82) is 0 Å². The predicted molar refractivity (Wildman–Crippen MR) is 74.4 cm³/mol. The molecule has 1 aromatic carbocycles. The van der Waals surface area contributed by atoms with Crippen molar-refractivity contribution >= 4 is 40.7 Å². The molecule has 1 fully saturated rings. The summed E-state index contributed by atoms with van der Waals surface area (Å²) in [5.74, 6) is -0.282. The second kappa shape index (κ2) is 5.67. The number of anilines is 1. The van der Waals surface area contributed by atoms with Crippen molar-refractivity contribution in [3.05, 3.63) is 27.7 Å². The Hall–Kier alpha value is -1.46. The number of halogens is 2. The van der Waals surface area contributed by atoms with E-state index >= 15 is 0 Å². The maximum Gasteiger partial charge on any atom is 0.251 e. The van der Waals surface area contributed by atoms with Crippen molar-refractivity contribution in [2.24, 2.45) is 0 Å². The van der Waals surface area contributed by atoms with Crippen molar-refractivity contribution in [2.45, 2.75) is 18.9 Å². The lowest BCUT2D eigenvalue weighted by Gasteiger charge is -2.23. The summed E-state index contributed by atoms with van der Waals surface area (Å²) in [7, 11) is 0. The minimum atomic E-state index is -0.286. The van der Waals surface area contributed by atoms with Crippen molar-refractivity contribution in [2.75, 3.05) is 12.3 Å². The van der Waals surface area contributed by atoms with Gasteiger partial charge in [-0.05, 0) is 18.6 Å². The van der Waals surface area contributed by atoms with Gasteiger partial charge in [0, 0.05) is 24.6 Å². The van der Waals surface area contributed by atoms with Crippen LogP contribution in [0.1, 0.15) is 23.2 Å². The molecule has 1 atom stereocenters. The van der Waals surface area contributed by atoms with Gasteiger partial charge in [-0.25, -0.2) is 0 Å². The number of carbonyl (C=O) groups is 2. The Morgan fingerprint density at radius 1 is 1.42 bits per heavy atom. The van der Waals surface area contributed by atoms with Crippen LogP contribution in [-0.2, 0) is 4.79 Å². The van der Waals surface area contributed by atoms with Gasteiger partial charge in [0.25, 0.3) is 5.91 Å². The third-order valence-corrected chi connectivity index (χ3v) is 3.74. The maximum atomic E-state index is 12.0.